The summed E-state index contributed by atoms with van der Waals surface area (Å²) in [7, 11) is -3.72. The number of hydrogen-bond acceptors (Lipinski definition) is 7. The van der Waals surface area contributed by atoms with Crippen LogP contribution in [0.5, 0.6) is 0 Å². The third-order valence-electron chi connectivity index (χ3n) is 2.30. The number of aromatic carboxylic acids is 1. The number of nitrogens with zero attached hydrogens (tertiary/aromatic N) is 2. The molecule has 0 saturated carbocycles. The molecule has 0 atom stereocenters. The molecule has 0 aliphatic rings. The highest BCUT2D eigenvalue weighted by molar-refractivity contribution is 7.91. The van der Waals surface area contributed by atoms with Crippen LogP contribution in [-0.4, -0.2) is 36.2 Å². The van der Waals surface area contributed by atoms with Gasteiger partial charge in [0.05, 0.1) is 5.56 Å². The fraction of sp³-hybridized carbons (Fsp3) is 0.300. The molecule has 108 valence electrons. The Labute approximate surface area is 118 Å². The van der Waals surface area contributed by atoms with Crippen molar-refractivity contribution in [3.05, 3.63) is 28.7 Å². The van der Waals surface area contributed by atoms with Gasteiger partial charge in [0.1, 0.15) is 4.21 Å². The molecule has 10 heteroatoms. The quantitative estimate of drug-likeness (QED) is 0.802. The van der Waals surface area contributed by atoms with Crippen LogP contribution in [0.2, 0.25) is 0 Å². The monoisotopic (exact) mass is 317 g/mol. The topological polar surface area (TPSA) is 122 Å². The summed E-state index contributed by atoms with van der Waals surface area (Å²) in [6, 6.07) is 1.12. The molecule has 0 fully saturated rings. The molecule has 8 nitrogen and oxygen atoms in total. The molecule has 0 spiro atoms. The molecule has 20 heavy (non-hydrogen) atoms. The Balaban J connectivity index is 1.98. The van der Waals surface area contributed by atoms with E-state index in [1.807, 2.05) is 0 Å². The molecule has 2 aromatic heterocycles. The number of nitrogens with one attached hydrogen (secondary N) is 1. The molecular weight excluding hydrogens is 306 g/mol. The van der Waals surface area contributed by atoms with Gasteiger partial charge in [-0.1, -0.05) is 5.16 Å². The Hall–Kier alpha value is -1.78. The standard InChI is InChI=1S/C10H11N3O5S2/c1-6-12-8(13-18-6)2-3-11-20(16,17)9-4-7(5-19-9)10(14)15/h4-5,11H,2-3H2,1H3,(H,14,15). The highest BCUT2D eigenvalue weighted by Crippen LogP contribution is 2.19. The van der Waals surface area contributed by atoms with Crippen molar-refractivity contribution in [2.24, 2.45) is 0 Å². The molecule has 0 radical (unpaired) electrons. The van der Waals surface area contributed by atoms with Crippen molar-refractivity contribution >= 4 is 27.3 Å². The smallest absolute Gasteiger partial charge is 0.336 e. The zero-order chi connectivity index (χ0) is 14.8. The number of thiophene rings is 1. The van der Waals surface area contributed by atoms with Crippen molar-refractivity contribution < 1.29 is 22.8 Å². The third kappa shape index (κ3) is 3.40. The van der Waals surface area contributed by atoms with Gasteiger partial charge in [0.15, 0.2) is 5.82 Å². The summed E-state index contributed by atoms with van der Waals surface area (Å²) in [5.74, 6) is -0.347. The zero-order valence-corrected chi connectivity index (χ0v) is 12.0. The van der Waals surface area contributed by atoms with Crippen molar-refractivity contribution in [1.29, 1.82) is 0 Å². The predicted molar refractivity (Wildman–Crippen MR) is 69.2 cm³/mol. The lowest BCUT2D eigenvalue weighted by Gasteiger charge is -2.02. The third-order valence-corrected chi connectivity index (χ3v) is 5.20. The lowest BCUT2D eigenvalue weighted by molar-refractivity contribution is 0.0697. The van der Waals surface area contributed by atoms with Gasteiger partial charge in [0.25, 0.3) is 0 Å². The van der Waals surface area contributed by atoms with Crippen LogP contribution in [0.25, 0.3) is 0 Å². The van der Waals surface area contributed by atoms with E-state index in [1.165, 1.54) is 5.38 Å². The highest BCUT2D eigenvalue weighted by atomic mass is 32.2. The molecule has 2 aromatic rings. The van der Waals surface area contributed by atoms with E-state index in [4.69, 9.17) is 9.63 Å². The van der Waals surface area contributed by atoms with E-state index in [0.717, 1.165) is 17.4 Å². The first kappa shape index (κ1) is 14.6. The van der Waals surface area contributed by atoms with E-state index >= 15 is 0 Å². The lowest BCUT2D eigenvalue weighted by atomic mass is 10.4. The molecule has 0 aromatic carbocycles. The van der Waals surface area contributed by atoms with Gasteiger partial charge >= 0.3 is 5.97 Å². The van der Waals surface area contributed by atoms with E-state index in [-0.39, 0.29) is 22.7 Å². The largest absolute Gasteiger partial charge is 0.478 e. The molecular formula is C10H11N3O5S2. The molecule has 0 unspecified atom stereocenters. The first-order chi connectivity index (χ1) is 9.38. The van der Waals surface area contributed by atoms with Gasteiger partial charge in [-0.25, -0.2) is 17.9 Å². The maximum atomic E-state index is 11.9. The second-order valence-electron chi connectivity index (χ2n) is 3.84. The predicted octanol–water partition coefficient (Wildman–Crippen LogP) is 0.659. The number of rotatable bonds is 6. The average molecular weight is 317 g/mol. The molecule has 0 amide bonds. The molecule has 0 saturated heterocycles. The number of carbonyl (C=O) groups is 1. The van der Waals surface area contributed by atoms with Crippen LogP contribution < -0.4 is 4.72 Å². The number of sulfonamides is 1. The summed E-state index contributed by atoms with van der Waals surface area (Å²) >= 11 is 0.854. The Kier molecular flexibility index (Phi) is 4.16. The van der Waals surface area contributed by atoms with Crippen LogP contribution >= 0.6 is 11.3 Å². The van der Waals surface area contributed by atoms with Gasteiger partial charge in [-0.2, -0.15) is 4.98 Å². The molecule has 0 aliphatic carbocycles. The summed E-state index contributed by atoms with van der Waals surface area (Å²) < 4.78 is 30.9. The van der Waals surface area contributed by atoms with E-state index in [2.05, 4.69) is 14.9 Å². The summed E-state index contributed by atoms with van der Waals surface area (Å²) in [4.78, 5) is 14.6. The van der Waals surface area contributed by atoms with Crippen molar-refractivity contribution in [1.82, 2.24) is 14.9 Å². The van der Waals surface area contributed by atoms with E-state index in [0.29, 0.717) is 11.7 Å². The average Bonchev–Trinajstić information content (AvgIpc) is 2.98. The summed E-state index contributed by atoms with van der Waals surface area (Å²) in [6.07, 6.45) is 0.285. The summed E-state index contributed by atoms with van der Waals surface area (Å²) in [5.41, 5.74) is -0.0517. The minimum atomic E-state index is -3.72. The Morgan fingerprint density at radius 3 is 2.85 bits per heavy atom. The first-order valence-corrected chi connectivity index (χ1v) is 7.85. The van der Waals surface area contributed by atoms with Crippen LogP contribution in [0, 0.1) is 6.92 Å². The van der Waals surface area contributed by atoms with Crippen LogP contribution in [0.4, 0.5) is 0 Å². The molecule has 2 heterocycles. The van der Waals surface area contributed by atoms with Crippen molar-refractivity contribution in [3.8, 4) is 0 Å². The van der Waals surface area contributed by atoms with Crippen molar-refractivity contribution in [2.75, 3.05) is 6.54 Å². The fourth-order valence-electron chi connectivity index (χ4n) is 1.38. The van der Waals surface area contributed by atoms with E-state index < -0.39 is 16.0 Å². The number of aryl methyl sites for hydroxylation is 1. The fourth-order valence-corrected chi connectivity index (χ4v) is 3.61. The van der Waals surface area contributed by atoms with Crippen LogP contribution in [0.1, 0.15) is 22.1 Å². The van der Waals surface area contributed by atoms with E-state index in [9.17, 15) is 13.2 Å². The van der Waals surface area contributed by atoms with Gasteiger partial charge in [0, 0.05) is 25.3 Å². The van der Waals surface area contributed by atoms with Gasteiger partial charge in [-0.15, -0.1) is 11.3 Å². The van der Waals surface area contributed by atoms with Crippen molar-refractivity contribution in [2.45, 2.75) is 17.6 Å². The minimum absolute atomic E-state index is 0.0424. The van der Waals surface area contributed by atoms with Gasteiger partial charge in [0.2, 0.25) is 15.9 Å². The van der Waals surface area contributed by atoms with Gasteiger partial charge in [-0.3, -0.25) is 0 Å². The number of carboxylic acid groups (broad SMARTS) is 1. The van der Waals surface area contributed by atoms with E-state index in [1.54, 1.807) is 6.92 Å². The van der Waals surface area contributed by atoms with Crippen molar-refractivity contribution in [3.63, 3.8) is 0 Å². The first-order valence-electron chi connectivity index (χ1n) is 5.49. The molecule has 0 bridgehead atoms. The van der Waals surface area contributed by atoms with Crippen LogP contribution in [-0.2, 0) is 16.4 Å². The minimum Gasteiger partial charge on any atom is -0.478 e. The van der Waals surface area contributed by atoms with Gasteiger partial charge < -0.3 is 9.63 Å². The highest BCUT2D eigenvalue weighted by Gasteiger charge is 2.18. The number of aromatic nitrogens is 2. The SMILES string of the molecule is Cc1nc(CCNS(=O)(=O)c2cc(C(=O)O)cs2)no1. The maximum absolute atomic E-state index is 11.9. The summed E-state index contributed by atoms with van der Waals surface area (Å²) in [6.45, 7) is 1.74. The Morgan fingerprint density at radius 1 is 1.55 bits per heavy atom. The van der Waals surface area contributed by atoms with Gasteiger partial charge in [-0.05, 0) is 6.07 Å². The zero-order valence-electron chi connectivity index (χ0n) is 10.4. The Morgan fingerprint density at radius 2 is 2.30 bits per heavy atom. The second kappa shape index (κ2) is 5.69. The number of carboxylic acids is 1. The molecule has 0 aliphatic heterocycles. The maximum Gasteiger partial charge on any atom is 0.336 e. The summed E-state index contributed by atoms with van der Waals surface area (Å²) in [5, 5.41) is 13.7. The van der Waals surface area contributed by atoms with Crippen LogP contribution in [0.15, 0.2) is 20.2 Å². The molecule has 2 N–H and O–H groups in total. The van der Waals surface area contributed by atoms with Crippen LogP contribution in [0.3, 0.4) is 0 Å². The lowest BCUT2D eigenvalue weighted by Crippen LogP contribution is -2.25. The number of hydrogen-bond donors (Lipinski definition) is 2. The molecule has 2 rings (SSSR count). The normalized spacial score (nSPS) is 11.7. The Bertz CT molecular complexity index is 719. The second-order valence-corrected chi connectivity index (χ2v) is 6.74.